The van der Waals surface area contributed by atoms with Gasteiger partial charge in [0.15, 0.2) is 0 Å². The van der Waals surface area contributed by atoms with E-state index in [4.69, 9.17) is 9.47 Å². The van der Waals surface area contributed by atoms with E-state index in [1.54, 1.807) is 0 Å². The Bertz CT molecular complexity index is 474. The Balaban J connectivity index is 1.07. The molecule has 0 amide bonds. The predicted octanol–water partition coefficient (Wildman–Crippen LogP) is 4.43. The molecular weight excluding hydrogens is 348 g/mol. The molecule has 0 atom stereocenters. The van der Waals surface area contributed by atoms with Crippen molar-refractivity contribution in [2.45, 2.75) is 85.3 Å². The molecule has 0 aromatic carbocycles. The van der Waals surface area contributed by atoms with Crippen LogP contribution in [0.2, 0.25) is 0 Å². The maximum Gasteiger partial charge on any atom is 0.0829 e. The molecule has 2 aliphatic heterocycles. The molecule has 164 valence electrons. The van der Waals surface area contributed by atoms with Crippen LogP contribution in [0.25, 0.3) is 0 Å². The van der Waals surface area contributed by atoms with E-state index in [1.165, 1.54) is 38.9 Å². The molecule has 28 heavy (non-hydrogen) atoms. The third-order valence-electron chi connectivity index (χ3n) is 7.30. The van der Waals surface area contributed by atoms with Gasteiger partial charge in [0.05, 0.1) is 6.10 Å². The molecular formula is C24H46N2O2. The number of unbranched alkanes of at least 4 members (excludes halogenated alkanes) is 1. The highest BCUT2D eigenvalue weighted by Gasteiger charge is 2.54. The summed E-state index contributed by atoms with van der Waals surface area (Å²) in [6.45, 7) is 22.8. The smallest absolute Gasteiger partial charge is 0.0829 e. The van der Waals surface area contributed by atoms with Gasteiger partial charge in [0.1, 0.15) is 0 Å². The zero-order chi connectivity index (χ0) is 20.4. The summed E-state index contributed by atoms with van der Waals surface area (Å²) in [5.41, 5.74) is 1.50. The summed E-state index contributed by atoms with van der Waals surface area (Å²) >= 11 is 0. The highest BCUT2D eigenvalue weighted by molar-refractivity contribution is 5.06. The molecule has 4 heteroatoms. The van der Waals surface area contributed by atoms with Gasteiger partial charge in [-0.05, 0) is 69.6 Å². The van der Waals surface area contributed by atoms with Gasteiger partial charge < -0.3 is 14.4 Å². The molecule has 1 saturated carbocycles. The zero-order valence-corrected chi connectivity index (χ0v) is 19.6. The fourth-order valence-corrected chi connectivity index (χ4v) is 5.06. The number of nitrogens with zero attached hydrogens (tertiary/aromatic N) is 2. The van der Waals surface area contributed by atoms with Crippen molar-refractivity contribution >= 4 is 0 Å². The van der Waals surface area contributed by atoms with Gasteiger partial charge in [0, 0.05) is 58.1 Å². The number of ether oxygens (including phenoxy) is 2. The van der Waals surface area contributed by atoms with E-state index in [-0.39, 0.29) is 5.54 Å². The minimum atomic E-state index is 0.289. The maximum absolute atomic E-state index is 5.94. The van der Waals surface area contributed by atoms with Gasteiger partial charge in [-0.2, -0.15) is 0 Å². The van der Waals surface area contributed by atoms with Crippen molar-refractivity contribution in [1.29, 1.82) is 0 Å². The summed E-state index contributed by atoms with van der Waals surface area (Å²) in [7, 11) is 0. The fourth-order valence-electron chi connectivity index (χ4n) is 5.06. The molecule has 2 heterocycles. The first-order valence-electron chi connectivity index (χ1n) is 11.7. The highest BCUT2D eigenvalue weighted by Crippen LogP contribution is 2.57. The van der Waals surface area contributed by atoms with Crippen LogP contribution in [0, 0.1) is 16.7 Å². The van der Waals surface area contributed by atoms with E-state index in [9.17, 15) is 0 Å². The molecule has 1 spiro atoms. The number of hydrogen-bond donors (Lipinski definition) is 0. The van der Waals surface area contributed by atoms with Gasteiger partial charge >= 0.3 is 0 Å². The summed E-state index contributed by atoms with van der Waals surface area (Å²) in [4.78, 5) is 5.12. The second-order valence-electron chi connectivity index (χ2n) is 11.9. The average molecular weight is 395 g/mol. The van der Waals surface area contributed by atoms with E-state index >= 15 is 0 Å². The van der Waals surface area contributed by atoms with Crippen LogP contribution < -0.4 is 0 Å². The summed E-state index contributed by atoms with van der Waals surface area (Å²) in [6.07, 6.45) is 6.79. The second-order valence-corrected chi connectivity index (χ2v) is 11.9. The minimum Gasteiger partial charge on any atom is -0.381 e. The Morgan fingerprint density at radius 3 is 2.07 bits per heavy atom. The number of likely N-dealkylation sites (tertiary alicyclic amines) is 2. The minimum absolute atomic E-state index is 0.289. The summed E-state index contributed by atoms with van der Waals surface area (Å²) in [6, 6.07) is 0. The normalized spacial score (nSPS) is 24.2. The fraction of sp³-hybridized carbons (Fsp3) is 1.00. The Morgan fingerprint density at radius 1 is 0.857 bits per heavy atom. The summed E-state index contributed by atoms with van der Waals surface area (Å²) in [5, 5.41) is 0. The van der Waals surface area contributed by atoms with Gasteiger partial charge in [-0.3, -0.25) is 4.90 Å². The molecule has 0 bridgehead atoms. The molecule has 0 unspecified atom stereocenters. The topological polar surface area (TPSA) is 24.9 Å². The van der Waals surface area contributed by atoms with Crippen LogP contribution in [-0.4, -0.2) is 74.0 Å². The monoisotopic (exact) mass is 394 g/mol. The molecule has 3 rings (SSSR count). The lowest BCUT2D eigenvalue weighted by Crippen LogP contribution is -2.63. The quantitative estimate of drug-likeness (QED) is 0.512. The van der Waals surface area contributed by atoms with Crippen LogP contribution in [0.1, 0.15) is 73.6 Å². The summed E-state index contributed by atoms with van der Waals surface area (Å²) in [5.74, 6) is 0.948. The third kappa shape index (κ3) is 5.93. The second kappa shape index (κ2) is 8.91. The van der Waals surface area contributed by atoms with E-state index < -0.39 is 0 Å². The van der Waals surface area contributed by atoms with Crippen LogP contribution in [0.15, 0.2) is 0 Å². The molecule has 0 radical (unpaired) electrons. The van der Waals surface area contributed by atoms with Crippen molar-refractivity contribution in [3.05, 3.63) is 0 Å². The van der Waals surface area contributed by atoms with Crippen LogP contribution in [0.3, 0.4) is 0 Å². The van der Waals surface area contributed by atoms with Crippen molar-refractivity contribution in [2.24, 2.45) is 16.7 Å². The van der Waals surface area contributed by atoms with Crippen molar-refractivity contribution in [3.63, 3.8) is 0 Å². The number of hydrogen-bond acceptors (Lipinski definition) is 4. The Labute approximate surface area is 174 Å². The Kier molecular flexibility index (Phi) is 7.17. The number of rotatable bonds is 10. The molecule has 2 saturated heterocycles. The Morgan fingerprint density at radius 2 is 1.46 bits per heavy atom. The van der Waals surface area contributed by atoms with E-state index in [1.807, 2.05) is 0 Å². The molecule has 3 aliphatic rings. The largest absolute Gasteiger partial charge is 0.381 e. The molecule has 0 N–H and O–H groups in total. The molecule has 4 nitrogen and oxygen atoms in total. The molecule has 1 aliphatic carbocycles. The summed E-state index contributed by atoms with van der Waals surface area (Å²) < 4.78 is 11.8. The van der Waals surface area contributed by atoms with Gasteiger partial charge in [0.2, 0.25) is 0 Å². The first kappa shape index (κ1) is 22.5. The SMILES string of the molecule is CC(C)(C)C1CC2(C1)CN(CCCOCCCCOC1CN(C(C)(C)C)C1)C2. The standard InChI is InChI=1S/C24H46N2O2/c1-22(2,3)20-14-24(15-20)18-25(19-24)10-9-12-27-11-7-8-13-28-21-16-26(17-21)23(4,5)6/h20-21H,7-19H2,1-6H3. The first-order valence-corrected chi connectivity index (χ1v) is 11.7. The van der Waals surface area contributed by atoms with Crippen LogP contribution in [-0.2, 0) is 9.47 Å². The van der Waals surface area contributed by atoms with Crippen molar-refractivity contribution < 1.29 is 9.47 Å². The van der Waals surface area contributed by atoms with E-state index in [0.717, 1.165) is 51.7 Å². The Hall–Kier alpha value is -0.160. The van der Waals surface area contributed by atoms with Gasteiger partial charge in [-0.25, -0.2) is 0 Å². The lowest BCUT2D eigenvalue weighted by Gasteiger charge is -2.62. The van der Waals surface area contributed by atoms with Crippen LogP contribution in [0.5, 0.6) is 0 Å². The van der Waals surface area contributed by atoms with Gasteiger partial charge in [-0.1, -0.05) is 20.8 Å². The van der Waals surface area contributed by atoms with Crippen molar-refractivity contribution in [1.82, 2.24) is 9.80 Å². The third-order valence-corrected chi connectivity index (χ3v) is 7.30. The lowest BCUT2D eigenvalue weighted by molar-refractivity contribution is -0.123. The van der Waals surface area contributed by atoms with Crippen molar-refractivity contribution in [3.8, 4) is 0 Å². The van der Waals surface area contributed by atoms with E-state index in [0.29, 0.717) is 16.9 Å². The first-order chi connectivity index (χ1) is 13.1. The predicted molar refractivity (Wildman–Crippen MR) is 117 cm³/mol. The van der Waals surface area contributed by atoms with Gasteiger partial charge in [-0.15, -0.1) is 0 Å². The lowest BCUT2D eigenvalue weighted by atomic mass is 9.52. The molecule has 0 aromatic rings. The van der Waals surface area contributed by atoms with Gasteiger partial charge in [0.25, 0.3) is 0 Å². The van der Waals surface area contributed by atoms with Crippen molar-refractivity contribution in [2.75, 3.05) is 52.5 Å². The maximum atomic E-state index is 5.94. The van der Waals surface area contributed by atoms with Crippen LogP contribution >= 0.6 is 0 Å². The van der Waals surface area contributed by atoms with E-state index in [2.05, 4.69) is 51.3 Å². The average Bonchev–Trinajstić information content (AvgIpc) is 2.44. The zero-order valence-electron chi connectivity index (χ0n) is 19.6. The highest BCUT2D eigenvalue weighted by atomic mass is 16.5. The molecule has 0 aromatic heterocycles. The molecule has 3 fully saturated rings. The van der Waals surface area contributed by atoms with Crippen LogP contribution in [0.4, 0.5) is 0 Å².